The lowest BCUT2D eigenvalue weighted by Crippen LogP contribution is -2.54. The molecule has 0 bridgehead atoms. The van der Waals surface area contributed by atoms with Gasteiger partial charge in [-0.2, -0.15) is 0 Å². The van der Waals surface area contributed by atoms with Crippen LogP contribution in [0.2, 0.25) is 0 Å². The number of carbonyl (C=O) groups excluding carboxylic acids is 1. The van der Waals surface area contributed by atoms with Crippen molar-refractivity contribution in [2.45, 2.75) is 65.2 Å². The molecule has 18 heavy (non-hydrogen) atoms. The van der Waals surface area contributed by atoms with E-state index in [0.717, 1.165) is 6.54 Å². The second-order valence-electron chi connectivity index (χ2n) is 6.89. The van der Waals surface area contributed by atoms with Gasteiger partial charge in [0.1, 0.15) is 0 Å². The summed E-state index contributed by atoms with van der Waals surface area (Å²) in [5.74, 6) is 0.218. The van der Waals surface area contributed by atoms with E-state index in [1.807, 2.05) is 25.7 Å². The van der Waals surface area contributed by atoms with Crippen molar-refractivity contribution in [1.29, 1.82) is 0 Å². The molecule has 1 heterocycles. The smallest absolute Gasteiger partial charge is 0.224 e. The van der Waals surface area contributed by atoms with Crippen molar-refractivity contribution in [1.82, 2.24) is 10.2 Å². The Balaban J connectivity index is 2.42. The fourth-order valence-corrected chi connectivity index (χ4v) is 2.35. The fraction of sp³-hybridized carbons (Fsp3) is 0.929. The largest absolute Gasteiger partial charge is 0.369 e. The van der Waals surface area contributed by atoms with Crippen LogP contribution in [0.25, 0.3) is 0 Å². The zero-order chi connectivity index (χ0) is 14.0. The third-order valence-corrected chi connectivity index (χ3v) is 2.92. The first-order chi connectivity index (χ1) is 8.09. The Kier molecular flexibility index (Phi) is 4.78. The Morgan fingerprint density at radius 1 is 1.44 bits per heavy atom. The van der Waals surface area contributed by atoms with Gasteiger partial charge in [0.2, 0.25) is 5.91 Å². The molecule has 0 saturated carbocycles. The van der Waals surface area contributed by atoms with Crippen molar-refractivity contribution >= 4 is 5.91 Å². The summed E-state index contributed by atoms with van der Waals surface area (Å²) in [5, 5.41) is 3.35. The first kappa shape index (κ1) is 15.4. The molecule has 0 aromatic carbocycles. The highest BCUT2D eigenvalue weighted by molar-refractivity contribution is 5.76. The van der Waals surface area contributed by atoms with Crippen molar-refractivity contribution in [3.8, 4) is 0 Å². The summed E-state index contributed by atoms with van der Waals surface area (Å²) >= 11 is 0. The van der Waals surface area contributed by atoms with Crippen LogP contribution in [0.1, 0.15) is 48.0 Å². The van der Waals surface area contributed by atoms with Gasteiger partial charge in [-0.3, -0.25) is 4.79 Å². The molecule has 1 unspecified atom stereocenters. The molecular weight excluding hydrogens is 228 g/mol. The molecule has 1 amide bonds. The van der Waals surface area contributed by atoms with Crippen molar-refractivity contribution in [2.24, 2.45) is 0 Å². The number of hydrogen-bond donors (Lipinski definition) is 1. The van der Waals surface area contributed by atoms with E-state index < -0.39 is 0 Å². The summed E-state index contributed by atoms with van der Waals surface area (Å²) in [7, 11) is 0. The van der Waals surface area contributed by atoms with E-state index in [1.165, 1.54) is 0 Å². The molecule has 4 nitrogen and oxygen atoms in total. The molecule has 1 saturated heterocycles. The second-order valence-corrected chi connectivity index (χ2v) is 6.89. The second kappa shape index (κ2) is 5.57. The molecule has 0 aromatic heterocycles. The van der Waals surface area contributed by atoms with E-state index in [-0.39, 0.29) is 23.2 Å². The lowest BCUT2D eigenvalue weighted by atomic mass is 10.0. The third kappa shape index (κ3) is 5.36. The Morgan fingerprint density at radius 3 is 2.56 bits per heavy atom. The maximum absolute atomic E-state index is 12.1. The summed E-state index contributed by atoms with van der Waals surface area (Å²) in [6, 6.07) is 0. The SMILES string of the molecule is CC1CN(C(=O)CCNC(C)(C)C)CC(C)(C)O1. The molecule has 0 spiro atoms. The van der Waals surface area contributed by atoms with Gasteiger partial charge in [0, 0.05) is 31.6 Å². The molecule has 1 aliphatic rings. The van der Waals surface area contributed by atoms with Crippen LogP contribution in [0.4, 0.5) is 0 Å². The van der Waals surface area contributed by atoms with E-state index >= 15 is 0 Å². The maximum Gasteiger partial charge on any atom is 0.224 e. The molecule has 106 valence electrons. The molecule has 1 rings (SSSR count). The molecule has 1 atom stereocenters. The van der Waals surface area contributed by atoms with E-state index in [0.29, 0.717) is 19.5 Å². The maximum atomic E-state index is 12.1. The first-order valence-electron chi connectivity index (χ1n) is 6.80. The van der Waals surface area contributed by atoms with Crippen LogP contribution in [0.5, 0.6) is 0 Å². The molecule has 0 radical (unpaired) electrons. The molecule has 0 aromatic rings. The number of morpholine rings is 1. The zero-order valence-electron chi connectivity index (χ0n) is 12.7. The third-order valence-electron chi connectivity index (χ3n) is 2.92. The number of hydrogen-bond acceptors (Lipinski definition) is 3. The van der Waals surface area contributed by atoms with Gasteiger partial charge in [0.15, 0.2) is 0 Å². The van der Waals surface area contributed by atoms with Gasteiger partial charge in [-0.25, -0.2) is 0 Å². The van der Waals surface area contributed by atoms with Crippen LogP contribution in [-0.2, 0) is 9.53 Å². The summed E-state index contributed by atoms with van der Waals surface area (Å²) < 4.78 is 5.80. The molecule has 1 N–H and O–H groups in total. The molecular formula is C14H28N2O2. The van der Waals surface area contributed by atoms with Gasteiger partial charge in [0.25, 0.3) is 0 Å². The number of rotatable bonds is 3. The van der Waals surface area contributed by atoms with E-state index in [9.17, 15) is 4.79 Å². The molecule has 1 aliphatic heterocycles. The summed E-state index contributed by atoms with van der Waals surface area (Å²) in [5.41, 5.74) is -0.164. The van der Waals surface area contributed by atoms with Crippen molar-refractivity contribution in [2.75, 3.05) is 19.6 Å². The lowest BCUT2D eigenvalue weighted by Gasteiger charge is -2.41. The summed E-state index contributed by atoms with van der Waals surface area (Å²) in [4.78, 5) is 14.1. The van der Waals surface area contributed by atoms with Gasteiger partial charge >= 0.3 is 0 Å². The van der Waals surface area contributed by atoms with Crippen molar-refractivity contribution in [3.63, 3.8) is 0 Å². The van der Waals surface area contributed by atoms with Crippen LogP contribution >= 0.6 is 0 Å². The van der Waals surface area contributed by atoms with Gasteiger partial charge < -0.3 is 15.0 Å². The standard InChI is InChI=1S/C14H28N2O2/c1-11-9-16(10-14(5,6)18-11)12(17)7-8-15-13(2,3)4/h11,15H,7-10H2,1-6H3. The quantitative estimate of drug-likeness (QED) is 0.837. The van der Waals surface area contributed by atoms with E-state index in [4.69, 9.17) is 4.74 Å². The normalized spacial score (nSPS) is 24.1. The van der Waals surface area contributed by atoms with Crippen LogP contribution in [0.15, 0.2) is 0 Å². The van der Waals surface area contributed by atoms with Gasteiger partial charge in [-0.1, -0.05) is 0 Å². The van der Waals surface area contributed by atoms with Crippen LogP contribution in [-0.4, -0.2) is 47.7 Å². The highest BCUT2D eigenvalue weighted by atomic mass is 16.5. The number of nitrogens with zero attached hydrogens (tertiary/aromatic N) is 1. The van der Waals surface area contributed by atoms with Crippen LogP contribution < -0.4 is 5.32 Å². The van der Waals surface area contributed by atoms with Gasteiger partial charge in [0.05, 0.1) is 11.7 Å². The average Bonchev–Trinajstić information content (AvgIpc) is 2.11. The van der Waals surface area contributed by atoms with E-state index in [2.05, 4.69) is 26.1 Å². The van der Waals surface area contributed by atoms with Crippen LogP contribution in [0, 0.1) is 0 Å². The molecule has 0 aliphatic carbocycles. The number of amides is 1. The number of carbonyl (C=O) groups is 1. The van der Waals surface area contributed by atoms with Crippen molar-refractivity contribution in [3.05, 3.63) is 0 Å². The van der Waals surface area contributed by atoms with Crippen molar-refractivity contribution < 1.29 is 9.53 Å². The highest BCUT2D eigenvalue weighted by Crippen LogP contribution is 2.21. The Labute approximate surface area is 111 Å². The minimum Gasteiger partial charge on any atom is -0.369 e. The predicted molar refractivity (Wildman–Crippen MR) is 73.6 cm³/mol. The molecule has 1 fully saturated rings. The lowest BCUT2D eigenvalue weighted by molar-refractivity contribution is -0.158. The number of ether oxygens (including phenoxy) is 1. The van der Waals surface area contributed by atoms with Crippen LogP contribution in [0.3, 0.4) is 0 Å². The predicted octanol–water partition coefficient (Wildman–Crippen LogP) is 1.79. The Morgan fingerprint density at radius 2 is 2.06 bits per heavy atom. The van der Waals surface area contributed by atoms with E-state index in [1.54, 1.807) is 0 Å². The Hall–Kier alpha value is -0.610. The minimum absolute atomic E-state index is 0.0673. The zero-order valence-corrected chi connectivity index (χ0v) is 12.7. The fourth-order valence-electron chi connectivity index (χ4n) is 2.35. The summed E-state index contributed by atoms with van der Waals surface area (Å²) in [6.45, 7) is 14.5. The highest BCUT2D eigenvalue weighted by Gasteiger charge is 2.33. The topological polar surface area (TPSA) is 41.6 Å². The summed E-state index contributed by atoms with van der Waals surface area (Å²) in [6.07, 6.45) is 0.674. The van der Waals surface area contributed by atoms with Gasteiger partial charge in [-0.05, 0) is 41.5 Å². The monoisotopic (exact) mass is 256 g/mol. The molecule has 4 heteroatoms. The van der Waals surface area contributed by atoms with Gasteiger partial charge in [-0.15, -0.1) is 0 Å². The minimum atomic E-state index is -0.231. The Bertz CT molecular complexity index is 295. The number of nitrogens with one attached hydrogen (secondary N) is 1. The average molecular weight is 256 g/mol. The first-order valence-corrected chi connectivity index (χ1v) is 6.80.